The van der Waals surface area contributed by atoms with E-state index in [2.05, 4.69) is 25.6 Å². The molecule has 3 rings (SSSR count). The molecule has 0 aromatic heterocycles. The summed E-state index contributed by atoms with van der Waals surface area (Å²) >= 11 is 2.92. The number of hydrogen-bond donors (Lipinski definition) is 1. The predicted molar refractivity (Wildman–Crippen MR) is 124 cm³/mol. The number of fused-ring (bicyclic) bond motifs is 1. The van der Waals surface area contributed by atoms with Crippen molar-refractivity contribution in [2.45, 2.75) is 30.7 Å². The number of nitrogens with zero attached hydrogens (tertiary/aromatic N) is 1. The SMILES string of the molecule is COc1cc2c(cc1OC)CN(CCCCNS(=O)(=O)c1c(F)cc(F)cc1Br)CC2.Cl. The average Bonchev–Trinajstić information content (AvgIpc) is 2.71. The van der Waals surface area contributed by atoms with Crippen molar-refractivity contribution in [3.8, 4) is 11.5 Å². The topological polar surface area (TPSA) is 67.9 Å². The van der Waals surface area contributed by atoms with Crippen LogP contribution < -0.4 is 14.2 Å². The highest BCUT2D eigenvalue weighted by molar-refractivity contribution is 9.10. The van der Waals surface area contributed by atoms with E-state index < -0.39 is 26.6 Å². The Balaban J connectivity index is 0.00000363. The zero-order valence-corrected chi connectivity index (χ0v) is 21.0. The molecule has 0 unspecified atom stereocenters. The Morgan fingerprint density at radius 3 is 2.34 bits per heavy atom. The van der Waals surface area contributed by atoms with Crippen LogP contribution in [0.4, 0.5) is 8.78 Å². The van der Waals surface area contributed by atoms with Crippen molar-refractivity contribution < 1.29 is 26.7 Å². The van der Waals surface area contributed by atoms with Gasteiger partial charge in [-0.05, 0) is 71.1 Å². The number of rotatable bonds is 9. The molecule has 0 saturated heterocycles. The first kappa shape index (κ1) is 26.8. The van der Waals surface area contributed by atoms with Gasteiger partial charge in [0, 0.05) is 30.2 Å². The molecule has 0 spiro atoms. The standard InChI is InChI=1S/C21H25BrF2N2O4S.ClH/c1-29-19-9-14-5-8-26(13-15(14)10-20(19)30-2)7-4-3-6-25-31(27,28)21-17(22)11-16(23)12-18(21)24;/h9-12,25H,3-8,13H2,1-2H3;1H. The molecular weight excluding hydrogens is 530 g/mol. The van der Waals surface area contributed by atoms with Crippen molar-refractivity contribution in [3.63, 3.8) is 0 Å². The molecule has 11 heteroatoms. The molecule has 0 amide bonds. The Labute approximate surface area is 201 Å². The van der Waals surface area contributed by atoms with Gasteiger partial charge >= 0.3 is 0 Å². The van der Waals surface area contributed by atoms with Crippen molar-refractivity contribution in [1.29, 1.82) is 0 Å². The lowest BCUT2D eigenvalue weighted by atomic mass is 9.98. The predicted octanol–water partition coefficient (Wildman–Crippen LogP) is 4.28. The number of benzene rings is 2. The Morgan fingerprint density at radius 1 is 1.06 bits per heavy atom. The molecule has 0 radical (unpaired) electrons. The highest BCUT2D eigenvalue weighted by Crippen LogP contribution is 2.33. The van der Waals surface area contributed by atoms with Crippen LogP contribution in [0.15, 0.2) is 33.6 Å². The second kappa shape index (κ2) is 11.6. The molecule has 0 aliphatic carbocycles. The molecule has 32 heavy (non-hydrogen) atoms. The molecular formula is C21H26BrClF2N2O4S. The van der Waals surface area contributed by atoms with Gasteiger partial charge in [0.1, 0.15) is 16.5 Å². The van der Waals surface area contributed by atoms with Gasteiger partial charge in [-0.1, -0.05) is 0 Å². The fourth-order valence-corrected chi connectivity index (χ4v) is 5.89. The Morgan fingerprint density at radius 2 is 1.72 bits per heavy atom. The minimum atomic E-state index is -4.08. The summed E-state index contributed by atoms with van der Waals surface area (Å²) in [5.41, 5.74) is 2.44. The fourth-order valence-electron chi connectivity index (χ4n) is 3.66. The van der Waals surface area contributed by atoms with Crippen LogP contribution in [0.25, 0.3) is 0 Å². The second-order valence-electron chi connectivity index (χ2n) is 7.31. The van der Waals surface area contributed by atoms with Gasteiger partial charge in [-0.15, -0.1) is 12.4 Å². The maximum atomic E-state index is 13.9. The first-order valence-electron chi connectivity index (χ1n) is 9.85. The molecule has 1 aliphatic rings. The Kier molecular flexibility index (Phi) is 9.71. The van der Waals surface area contributed by atoms with Crippen molar-refractivity contribution >= 4 is 38.4 Å². The molecule has 6 nitrogen and oxygen atoms in total. The lowest BCUT2D eigenvalue weighted by molar-refractivity contribution is 0.248. The highest BCUT2D eigenvalue weighted by atomic mass is 79.9. The summed E-state index contributed by atoms with van der Waals surface area (Å²) in [6.45, 7) is 2.67. The molecule has 2 aromatic carbocycles. The van der Waals surface area contributed by atoms with E-state index in [4.69, 9.17) is 9.47 Å². The molecule has 2 aromatic rings. The summed E-state index contributed by atoms with van der Waals surface area (Å²) < 4.78 is 64.8. The summed E-state index contributed by atoms with van der Waals surface area (Å²) in [6.07, 6.45) is 2.27. The van der Waals surface area contributed by atoms with Gasteiger partial charge in [0.25, 0.3) is 0 Å². The molecule has 1 heterocycles. The number of halogens is 4. The van der Waals surface area contributed by atoms with Gasteiger partial charge in [-0.2, -0.15) is 0 Å². The number of ether oxygens (including phenoxy) is 2. The third kappa shape index (κ3) is 6.32. The maximum Gasteiger partial charge on any atom is 0.244 e. The number of methoxy groups -OCH3 is 2. The highest BCUT2D eigenvalue weighted by Gasteiger charge is 2.23. The van der Waals surface area contributed by atoms with E-state index in [1.54, 1.807) is 14.2 Å². The average molecular weight is 556 g/mol. The van der Waals surface area contributed by atoms with Gasteiger partial charge in [0.05, 0.1) is 14.2 Å². The second-order valence-corrected chi connectivity index (χ2v) is 9.86. The van der Waals surface area contributed by atoms with Crippen molar-refractivity contribution in [1.82, 2.24) is 9.62 Å². The first-order valence-corrected chi connectivity index (χ1v) is 12.1. The zero-order valence-electron chi connectivity index (χ0n) is 17.8. The number of sulfonamides is 1. The number of nitrogens with one attached hydrogen (secondary N) is 1. The summed E-state index contributed by atoms with van der Waals surface area (Å²) in [5, 5.41) is 0. The monoisotopic (exact) mass is 554 g/mol. The van der Waals surface area contributed by atoms with Gasteiger partial charge in [-0.3, -0.25) is 4.90 Å². The van der Waals surface area contributed by atoms with E-state index in [9.17, 15) is 17.2 Å². The summed E-state index contributed by atoms with van der Waals surface area (Å²) in [5.74, 6) is -0.538. The minimum absolute atomic E-state index is 0. The summed E-state index contributed by atoms with van der Waals surface area (Å²) in [7, 11) is -0.841. The van der Waals surface area contributed by atoms with Gasteiger partial charge in [0.15, 0.2) is 11.5 Å². The molecule has 0 bridgehead atoms. The van der Waals surface area contributed by atoms with Crippen molar-refractivity contribution in [2.24, 2.45) is 0 Å². The largest absolute Gasteiger partial charge is 0.493 e. The molecule has 0 fully saturated rings. The van der Waals surface area contributed by atoms with Crippen LogP contribution in [0, 0.1) is 11.6 Å². The maximum absolute atomic E-state index is 13.9. The normalized spacial score (nSPS) is 13.9. The van der Waals surface area contributed by atoms with Crippen LogP contribution >= 0.6 is 28.3 Å². The van der Waals surface area contributed by atoms with Gasteiger partial charge < -0.3 is 9.47 Å². The van der Waals surface area contributed by atoms with E-state index in [1.807, 2.05) is 12.1 Å². The molecule has 0 saturated carbocycles. The van der Waals surface area contributed by atoms with Crippen LogP contribution in [0.1, 0.15) is 24.0 Å². The van der Waals surface area contributed by atoms with E-state index >= 15 is 0 Å². The zero-order chi connectivity index (χ0) is 22.6. The molecule has 178 valence electrons. The Bertz CT molecular complexity index is 1030. The van der Waals surface area contributed by atoms with Crippen molar-refractivity contribution in [3.05, 3.63) is 51.5 Å². The van der Waals surface area contributed by atoms with Crippen LogP contribution in [0.3, 0.4) is 0 Å². The fraction of sp³-hybridized carbons (Fsp3) is 0.429. The van der Waals surface area contributed by atoms with E-state index in [-0.39, 0.29) is 23.4 Å². The van der Waals surface area contributed by atoms with Crippen LogP contribution in [-0.2, 0) is 23.0 Å². The summed E-state index contributed by atoms with van der Waals surface area (Å²) in [6, 6.07) is 5.51. The summed E-state index contributed by atoms with van der Waals surface area (Å²) in [4.78, 5) is 1.73. The third-order valence-corrected chi connectivity index (χ3v) is 7.65. The molecule has 1 aliphatic heterocycles. The van der Waals surface area contributed by atoms with E-state index in [1.165, 1.54) is 11.1 Å². The Hall–Kier alpha value is -1.46. The van der Waals surface area contributed by atoms with E-state index in [0.717, 1.165) is 44.3 Å². The molecule has 1 N–H and O–H groups in total. The van der Waals surface area contributed by atoms with Crippen LogP contribution in [-0.4, -0.2) is 47.2 Å². The van der Waals surface area contributed by atoms with Gasteiger partial charge in [0.2, 0.25) is 10.0 Å². The quantitative estimate of drug-likeness (QED) is 0.468. The smallest absolute Gasteiger partial charge is 0.244 e. The molecule has 0 atom stereocenters. The van der Waals surface area contributed by atoms with Gasteiger partial charge in [-0.25, -0.2) is 21.9 Å². The first-order chi connectivity index (χ1) is 14.7. The van der Waals surface area contributed by atoms with Crippen LogP contribution in [0.5, 0.6) is 11.5 Å². The van der Waals surface area contributed by atoms with Crippen LogP contribution in [0.2, 0.25) is 0 Å². The third-order valence-electron chi connectivity index (χ3n) is 5.22. The lowest BCUT2D eigenvalue weighted by Crippen LogP contribution is -2.32. The number of hydrogen-bond acceptors (Lipinski definition) is 5. The minimum Gasteiger partial charge on any atom is -0.493 e. The lowest BCUT2D eigenvalue weighted by Gasteiger charge is -2.29. The number of unbranched alkanes of at least 4 members (excludes halogenated alkanes) is 1. The van der Waals surface area contributed by atoms with E-state index in [0.29, 0.717) is 18.2 Å². The van der Waals surface area contributed by atoms with Crippen molar-refractivity contribution in [2.75, 3.05) is 33.9 Å².